The lowest BCUT2D eigenvalue weighted by atomic mass is 10.2. The van der Waals surface area contributed by atoms with E-state index in [0.717, 1.165) is 11.1 Å². The second-order valence-corrected chi connectivity index (χ2v) is 6.40. The first-order chi connectivity index (χ1) is 11.5. The summed E-state index contributed by atoms with van der Waals surface area (Å²) in [4.78, 5) is 13.6. The van der Waals surface area contributed by atoms with E-state index < -0.39 is 11.9 Å². The van der Waals surface area contributed by atoms with E-state index in [1.165, 1.54) is 0 Å². The third-order valence-corrected chi connectivity index (χ3v) is 4.40. The summed E-state index contributed by atoms with van der Waals surface area (Å²) in [5.74, 6) is -0.414. The summed E-state index contributed by atoms with van der Waals surface area (Å²) in [6.45, 7) is 1.16. The molecule has 2 N–H and O–H groups in total. The highest BCUT2D eigenvalue weighted by Crippen LogP contribution is 2.23. The van der Waals surface area contributed by atoms with Crippen molar-refractivity contribution in [3.8, 4) is 0 Å². The molecule has 0 saturated carbocycles. The smallest absolute Gasteiger partial charge is 0.237 e. The first-order valence-corrected chi connectivity index (χ1v) is 8.28. The summed E-state index contributed by atoms with van der Waals surface area (Å²) in [5, 5.41) is 0.975. The molecule has 0 spiro atoms. The zero-order valence-electron chi connectivity index (χ0n) is 13.4. The first kappa shape index (κ1) is 18.7. The van der Waals surface area contributed by atoms with Gasteiger partial charge in [-0.1, -0.05) is 59.6 Å². The molecule has 2 rings (SSSR count). The molecule has 0 aliphatic heterocycles. The van der Waals surface area contributed by atoms with Crippen LogP contribution in [0.25, 0.3) is 0 Å². The van der Waals surface area contributed by atoms with E-state index >= 15 is 0 Å². The Bertz CT molecular complexity index is 680. The van der Waals surface area contributed by atoms with Crippen LogP contribution in [0, 0.1) is 0 Å². The minimum atomic E-state index is -0.507. The van der Waals surface area contributed by atoms with Crippen molar-refractivity contribution in [2.75, 3.05) is 13.7 Å². The van der Waals surface area contributed by atoms with Crippen LogP contribution < -0.4 is 5.73 Å². The van der Waals surface area contributed by atoms with E-state index in [0.29, 0.717) is 23.2 Å². The number of rotatable bonds is 8. The van der Waals surface area contributed by atoms with Crippen LogP contribution in [0.5, 0.6) is 0 Å². The summed E-state index contributed by atoms with van der Waals surface area (Å²) in [6.07, 6.45) is 0. The van der Waals surface area contributed by atoms with E-state index in [9.17, 15) is 4.79 Å². The maximum atomic E-state index is 11.7. The van der Waals surface area contributed by atoms with Crippen molar-refractivity contribution >= 4 is 29.1 Å². The van der Waals surface area contributed by atoms with Gasteiger partial charge in [0, 0.05) is 6.54 Å². The van der Waals surface area contributed by atoms with Gasteiger partial charge in [-0.3, -0.25) is 9.69 Å². The average molecular weight is 367 g/mol. The van der Waals surface area contributed by atoms with E-state index in [1.807, 2.05) is 48.3 Å². The predicted octanol–water partition coefficient (Wildman–Crippen LogP) is 3.50. The second-order valence-electron chi connectivity index (χ2n) is 5.58. The average Bonchev–Trinajstić information content (AvgIpc) is 2.55. The number of hydrogen-bond acceptors (Lipinski definition) is 3. The summed E-state index contributed by atoms with van der Waals surface area (Å²) in [6, 6.07) is 14.7. The topological polar surface area (TPSA) is 55.6 Å². The fourth-order valence-corrected chi connectivity index (χ4v) is 2.65. The Kier molecular flexibility index (Phi) is 7.06. The molecule has 0 aliphatic rings. The molecule has 0 aliphatic carbocycles. The lowest BCUT2D eigenvalue weighted by Gasteiger charge is -2.25. The molecule has 24 heavy (non-hydrogen) atoms. The number of benzene rings is 2. The van der Waals surface area contributed by atoms with Crippen LogP contribution in [-0.2, 0) is 22.7 Å². The zero-order chi connectivity index (χ0) is 17.5. The van der Waals surface area contributed by atoms with Gasteiger partial charge in [0.1, 0.15) is 6.04 Å². The fourth-order valence-electron chi connectivity index (χ4n) is 2.33. The second kappa shape index (κ2) is 9.04. The highest BCUT2D eigenvalue weighted by molar-refractivity contribution is 6.42. The molecule has 6 heteroatoms. The Labute approximate surface area is 152 Å². The van der Waals surface area contributed by atoms with Gasteiger partial charge < -0.3 is 10.5 Å². The van der Waals surface area contributed by atoms with Gasteiger partial charge in [0.15, 0.2) is 0 Å². The number of hydrogen-bond donors (Lipinski definition) is 1. The molecule has 4 nitrogen and oxygen atoms in total. The molecule has 128 valence electrons. The highest BCUT2D eigenvalue weighted by atomic mass is 35.5. The van der Waals surface area contributed by atoms with Gasteiger partial charge in [-0.25, -0.2) is 0 Å². The molecular formula is C18H20Cl2N2O2. The maximum absolute atomic E-state index is 11.7. The summed E-state index contributed by atoms with van der Waals surface area (Å²) in [5.41, 5.74) is 7.51. The van der Waals surface area contributed by atoms with Crippen molar-refractivity contribution < 1.29 is 9.53 Å². The van der Waals surface area contributed by atoms with E-state index in [4.69, 9.17) is 33.7 Å². The maximum Gasteiger partial charge on any atom is 0.237 e. The van der Waals surface area contributed by atoms with Gasteiger partial charge in [0.05, 0.1) is 23.3 Å². The largest absolute Gasteiger partial charge is 0.375 e. The van der Waals surface area contributed by atoms with E-state index in [2.05, 4.69) is 0 Å². The van der Waals surface area contributed by atoms with Crippen molar-refractivity contribution in [3.63, 3.8) is 0 Å². The molecule has 1 atom stereocenters. The van der Waals surface area contributed by atoms with Crippen LogP contribution in [0.4, 0.5) is 0 Å². The zero-order valence-corrected chi connectivity index (χ0v) is 14.9. The third kappa shape index (κ3) is 5.49. The van der Waals surface area contributed by atoms with Gasteiger partial charge in [-0.2, -0.15) is 0 Å². The van der Waals surface area contributed by atoms with Crippen molar-refractivity contribution in [3.05, 3.63) is 69.7 Å². The fraction of sp³-hybridized carbons (Fsp3) is 0.278. The number of primary amides is 1. The van der Waals surface area contributed by atoms with E-state index in [-0.39, 0.29) is 6.61 Å². The minimum absolute atomic E-state index is 0.207. The molecule has 0 heterocycles. The molecule has 0 fully saturated rings. The normalized spacial score (nSPS) is 12.3. The Morgan fingerprint density at radius 2 is 1.83 bits per heavy atom. The molecule has 1 unspecified atom stereocenters. The number of carbonyl (C=O) groups is 1. The minimum Gasteiger partial charge on any atom is -0.375 e. The summed E-state index contributed by atoms with van der Waals surface area (Å²) in [7, 11) is 1.85. The van der Waals surface area contributed by atoms with Crippen molar-refractivity contribution in [1.82, 2.24) is 4.90 Å². The van der Waals surface area contributed by atoms with Gasteiger partial charge in [0.2, 0.25) is 5.91 Å². The molecule has 2 aromatic rings. The van der Waals surface area contributed by atoms with Crippen LogP contribution in [0.3, 0.4) is 0 Å². The van der Waals surface area contributed by atoms with Crippen molar-refractivity contribution in [2.24, 2.45) is 5.73 Å². The number of amides is 1. The number of halogens is 2. The Morgan fingerprint density at radius 3 is 2.46 bits per heavy atom. The number of carbonyl (C=O) groups excluding carboxylic acids is 1. The first-order valence-electron chi connectivity index (χ1n) is 7.52. The van der Waals surface area contributed by atoms with Gasteiger partial charge in [-0.15, -0.1) is 0 Å². The lowest BCUT2D eigenvalue weighted by Crippen LogP contribution is -2.45. The Hall–Kier alpha value is -1.59. The van der Waals surface area contributed by atoms with Gasteiger partial charge in [-0.05, 0) is 30.3 Å². The molecule has 1 amide bonds. The standard InChI is InChI=1S/C18H20Cl2N2O2/c1-22(10-13-5-3-2-4-6-13)17(18(21)23)12-24-11-14-7-8-15(19)16(20)9-14/h2-9,17H,10-12H2,1H3,(H2,21,23). The van der Waals surface area contributed by atoms with E-state index in [1.54, 1.807) is 12.1 Å². The molecule has 0 saturated heterocycles. The van der Waals surface area contributed by atoms with Gasteiger partial charge >= 0.3 is 0 Å². The Morgan fingerprint density at radius 1 is 1.12 bits per heavy atom. The van der Waals surface area contributed by atoms with Crippen LogP contribution >= 0.6 is 23.2 Å². The van der Waals surface area contributed by atoms with Crippen LogP contribution in [0.1, 0.15) is 11.1 Å². The van der Waals surface area contributed by atoms with Crippen LogP contribution in [0.2, 0.25) is 10.0 Å². The highest BCUT2D eigenvalue weighted by Gasteiger charge is 2.21. The van der Waals surface area contributed by atoms with Crippen molar-refractivity contribution in [1.29, 1.82) is 0 Å². The van der Waals surface area contributed by atoms with Crippen molar-refractivity contribution in [2.45, 2.75) is 19.2 Å². The number of ether oxygens (including phenoxy) is 1. The SMILES string of the molecule is CN(Cc1ccccc1)C(COCc1ccc(Cl)c(Cl)c1)C(N)=O. The summed E-state index contributed by atoms with van der Waals surface area (Å²) >= 11 is 11.9. The number of nitrogens with zero attached hydrogens (tertiary/aromatic N) is 1. The van der Waals surface area contributed by atoms with Crippen LogP contribution in [-0.4, -0.2) is 30.5 Å². The molecule has 0 aromatic heterocycles. The number of likely N-dealkylation sites (N-methyl/N-ethyl adjacent to an activating group) is 1. The predicted molar refractivity (Wildman–Crippen MR) is 97.0 cm³/mol. The Balaban J connectivity index is 1.90. The molecule has 0 bridgehead atoms. The quantitative estimate of drug-likeness (QED) is 0.777. The monoisotopic (exact) mass is 366 g/mol. The third-order valence-electron chi connectivity index (χ3n) is 3.66. The molecular weight excluding hydrogens is 347 g/mol. The lowest BCUT2D eigenvalue weighted by molar-refractivity contribution is -0.125. The molecule has 0 radical (unpaired) electrons. The molecule has 2 aromatic carbocycles. The van der Waals surface area contributed by atoms with Crippen LogP contribution in [0.15, 0.2) is 48.5 Å². The number of nitrogens with two attached hydrogens (primary N) is 1. The summed E-state index contributed by atoms with van der Waals surface area (Å²) < 4.78 is 5.65. The van der Waals surface area contributed by atoms with Gasteiger partial charge in [0.25, 0.3) is 0 Å².